The van der Waals surface area contributed by atoms with Gasteiger partial charge in [0.1, 0.15) is 17.3 Å². The van der Waals surface area contributed by atoms with Gasteiger partial charge in [-0.1, -0.05) is 0 Å². The Labute approximate surface area is 126 Å². The molecule has 1 aliphatic rings. The average Bonchev–Trinajstić information content (AvgIpc) is 3.09. The van der Waals surface area contributed by atoms with Crippen molar-refractivity contribution < 1.29 is 8.83 Å². The standard InChI is InChI=1S/C17H24N2O2/c1-12-14(6-7-20-12)10-19(3)11-17-8-15(13(2)21-17)9-18-16-4-5-16/h6-8,16,18H,4-5,9-11H2,1-3H3. The predicted octanol–water partition coefficient (Wildman–Crippen LogP) is 3.37. The van der Waals surface area contributed by atoms with Crippen LogP contribution >= 0.6 is 0 Å². The molecule has 0 unspecified atom stereocenters. The van der Waals surface area contributed by atoms with Crippen LogP contribution in [-0.2, 0) is 19.6 Å². The molecule has 2 aromatic heterocycles. The number of hydrogen-bond donors (Lipinski definition) is 1. The molecule has 21 heavy (non-hydrogen) atoms. The van der Waals surface area contributed by atoms with E-state index in [1.807, 2.05) is 19.9 Å². The second-order valence-electron chi connectivity index (χ2n) is 6.12. The number of hydrogen-bond acceptors (Lipinski definition) is 4. The molecule has 1 aliphatic carbocycles. The molecule has 2 aromatic rings. The maximum absolute atomic E-state index is 5.88. The largest absolute Gasteiger partial charge is 0.469 e. The minimum Gasteiger partial charge on any atom is -0.469 e. The molecule has 0 radical (unpaired) electrons. The summed E-state index contributed by atoms with van der Waals surface area (Å²) in [4.78, 5) is 2.24. The van der Waals surface area contributed by atoms with Crippen LogP contribution in [0.1, 0.15) is 41.2 Å². The van der Waals surface area contributed by atoms with E-state index in [9.17, 15) is 0 Å². The van der Waals surface area contributed by atoms with Gasteiger partial charge in [-0.25, -0.2) is 0 Å². The van der Waals surface area contributed by atoms with Gasteiger partial charge in [0.15, 0.2) is 0 Å². The molecule has 0 atom stereocenters. The van der Waals surface area contributed by atoms with E-state index in [4.69, 9.17) is 8.83 Å². The van der Waals surface area contributed by atoms with Crippen LogP contribution in [0.15, 0.2) is 27.2 Å². The van der Waals surface area contributed by atoms with Crippen LogP contribution in [0.3, 0.4) is 0 Å². The monoisotopic (exact) mass is 288 g/mol. The summed E-state index contributed by atoms with van der Waals surface area (Å²) in [5.41, 5.74) is 2.51. The SMILES string of the molecule is Cc1occc1CN(C)Cc1cc(CNC2CC2)c(C)o1. The van der Waals surface area contributed by atoms with Crippen molar-refractivity contribution in [1.29, 1.82) is 0 Å². The first-order valence-electron chi connectivity index (χ1n) is 7.65. The van der Waals surface area contributed by atoms with E-state index in [0.717, 1.165) is 43.0 Å². The molecule has 0 bridgehead atoms. The van der Waals surface area contributed by atoms with Crippen molar-refractivity contribution in [1.82, 2.24) is 10.2 Å². The highest BCUT2D eigenvalue weighted by atomic mass is 16.3. The van der Waals surface area contributed by atoms with Gasteiger partial charge >= 0.3 is 0 Å². The first kappa shape index (κ1) is 14.4. The van der Waals surface area contributed by atoms with E-state index >= 15 is 0 Å². The van der Waals surface area contributed by atoms with Gasteiger partial charge in [0, 0.05) is 30.3 Å². The summed E-state index contributed by atoms with van der Waals surface area (Å²) >= 11 is 0. The quantitative estimate of drug-likeness (QED) is 0.848. The Bertz CT molecular complexity index is 596. The zero-order chi connectivity index (χ0) is 14.8. The highest BCUT2D eigenvalue weighted by Crippen LogP contribution is 2.22. The van der Waals surface area contributed by atoms with E-state index < -0.39 is 0 Å². The maximum atomic E-state index is 5.88. The molecular formula is C17H24N2O2. The van der Waals surface area contributed by atoms with Crippen molar-refractivity contribution in [3.63, 3.8) is 0 Å². The molecule has 4 heteroatoms. The molecule has 4 nitrogen and oxygen atoms in total. The van der Waals surface area contributed by atoms with Crippen LogP contribution in [-0.4, -0.2) is 18.0 Å². The molecule has 3 rings (SSSR count). The maximum Gasteiger partial charge on any atom is 0.118 e. The van der Waals surface area contributed by atoms with Crippen LogP contribution in [0.5, 0.6) is 0 Å². The second kappa shape index (κ2) is 6.08. The van der Waals surface area contributed by atoms with Gasteiger partial charge in [0.25, 0.3) is 0 Å². The summed E-state index contributed by atoms with van der Waals surface area (Å²) in [6.45, 7) is 6.66. The fourth-order valence-corrected chi connectivity index (χ4v) is 2.57. The lowest BCUT2D eigenvalue weighted by Gasteiger charge is -2.14. The molecule has 1 fully saturated rings. The normalized spacial score (nSPS) is 15.0. The summed E-state index contributed by atoms with van der Waals surface area (Å²) in [6.07, 6.45) is 4.38. The Balaban J connectivity index is 1.56. The van der Waals surface area contributed by atoms with Gasteiger partial charge in [-0.05, 0) is 45.9 Å². The van der Waals surface area contributed by atoms with E-state index in [2.05, 4.69) is 23.3 Å². The predicted molar refractivity (Wildman–Crippen MR) is 81.9 cm³/mol. The van der Waals surface area contributed by atoms with E-state index in [0.29, 0.717) is 0 Å². The molecule has 0 aromatic carbocycles. The van der Waals surface area contributed by atoms with E-state index in [-0.39, 0.29) is 0 Å². The second-order valence-corrected chi connectivity index (χ2v) is 6.12. The molecule has 2 heterocycles. The van der Waals surface area contributed by atoms with Crippen LogP contribution < -0.4 is 5.32 Å². The van der Waals surface area contributed by atoms with Crippen molar-refractivity contribution in [2.24, 2.45) is 0 Å². The molecule has 0 aliphatic heterocycles. The third kappa shape index (κ3) is 3.77. The number of aryl methyl sites for hydroxylation is 2. The average molecular weight is 288 g/mol. The van der Waals surface area contributed by atoms with Crippen LogP contribution in [0.2, 0.25) is 0 Å². The Morgan fingerprint density at radius 3 is 2.67 bits per heavy atom. The minimum atomic E-state index is 0.731. The fraction of sp³-hybridized carbons (Fsp3) is 0.529. The van der Waals surface area contributed by atoms with Crippen LogP contribution in [0, 0.1) is 13.8 Å². The van der Waals surface area contributed by atoms with Crippen molar-refractivity contribution in [3.05, 3.63) is 46.8 Å². The summed E-state index contributed by atoms with van der Waals surface area (Å²) in [5.74, 6) is 3.06. The lowest BCUT2D eigenvalue weighted by atomic mass is 10.2. The topological polar surface area (TPSA) is 41.6 Å². The summed E-state index contributed by atoms with van der Waals surface area (Å²) < 4.78 is 11.2. The summed E-state index contributed by atoms with van der Waals surface area (Å²) in [5, 5.41) is 3.54. The zero-order valence-electron chi connectivity index (χ0n) is 13.1. The number of nitrogens with one attached hydrogen (secondary N) is 1. The number of nitrogens with zero attached hydrogens (tertiary/aromatic N) is 1. The molecular weight excluding hydrogens is 264 g/mol. The smallest absolute Gasteiger partial charge is 0.118 e. The Morgan fingerprint density at radius 2 is 2.00 bits per heavy atom. The lowest BCUT2D eigenvalue weighted by molar-refractivity contribution is 0.283. The summed E-state index contributed by atoms with van der Waals surface area (Å²) in [6, 6.07) is 4.95. The Morgan fingerprint density at radius 1 is 1.19 bits per heavy atom. The molecule has 1 saturated carbocycles. The van der Waals surface area contributed by atoms with Crippen molar-refractivity contribution in [3.8, 4) is 0 Å². The van der Waals surface area contributed by atoms with Gasteiger partial charge in [-0.15, -0.1) is 0 Å². The van der Waals surface area contributed by atoms with E-state index in [1.165, 1.54) is 24.0 Å². The lowest BCUT2D eigenvalue weighted by Crippen LogP contribution is -2.17. The van der Waals surface area contributed by atoms with Gasteiger partial charge in [0.2, 0.25) is 0 Å². The van der Waals surface area contributed by atoms with Crippen molar-refractivity contribution in [2.75, 3.05) is 7.05 Å². The number of furan rings is 2. The molecule has 0 amide bonds. The highest BCUT2D eigenvalue weighted by Gasteiger charge is 2.21. The Kier molecular flexibility index (Phi) is 4.17. The Hall–Kier alpha value is -1.52. The number of rotatable bonds is 7. The molecule has 114 valence electrons. The fourth-order valence-electron chi connectivity index (χ4n) is 2.57. The molecule has 1 N–H and O–H groups in total. The molecule has 0 saturated heterocycles. The molecule has 0 spiro atoms. The van der Waals surface area contributed by atoms with Crippen molar-refractivity contribution >= 4 is 0 Å². The first-order valence-corrected chi connectivity index (χ1v) is 7.65. The van der Waals surface area contributed by atoms with Gasteiger partial charge < -0.3 is 14.2 Å². The van der Waals surface area contributed by atoms with Gasteiger partial charge in [-0.2, -0.15) is 0 Å². The minimum absolute atomic E-state index is 0.731. The third-order valence-electron chi connectivity index (χ3n) is 4.06. The first-order chi connectivity index (χ1) is 10.1. The highest BCUT2D eigenvalue weighted by molar-refractivity contribution is 5.21. The third-order valence-corrected chi connectivity index (χ3v) is 4.06. The summed E-state index contributed by atoms with van der Waals surface area (Å²) in [7, 11) is 2.10. The van der Waals surface area contributed by atoms with Gasteiger partial charge in [-0.3, -0.25) is 4.90 Å². The van der Waals surface area contributed by atoms with Gasteiger partial charge in [0.05, 0.1) is 12.8 Å². The zero-order valence-corrected chi connectivity index (χ0v) is 13.1. The van der Waals surface area contributed by atoms with E-state index in [1.54, 1.807) is 6.26 Å². The van der Waals surface area contributed by atoms with Crippen LogP contribution in [0.25, 0.3) is 0 Å². The van der Waals surface area contributed by atoms with Crippen molar-refractivity contribution in [2.45, 2.75) is 52.4 Å². The van der Waals surface area contributed by atoms with Crippen LogP contribution in [0.4, 0.5) is 0 Å².